The molecule has 1 fully saturated rings. The maximum Gasteiger partial charge on any atom is 0.0564 e. The Morgan fingerprint density at radius 3 is 2.10 bits per heavy atom. The van der Waals surface area contributed by atoms with Crippen molar-refractivity contribution in [2.45, 2.75) is 33.2 Å². The first-order valence-corrected chi connectivity index (χ1v) is 7.47. The van der Waals surface area contributed by atoms with Gasteiger partial charge in [0.2, 0.25) is 0 Å². The summed E-state index contributed by atoms with van der Waals surface area (Å²) in [4.78, 5) is 2.47. The van der Waals surface area contributed by atoms with Crippen LogP contribution in [0.15, 0.2) is 36.4 Å². The van der Waals surface area contributed by atoms with Gasteiger partial charge in [-0.1, -0.05) is 12.1 Å². The summed E-state index contributed by atoms with van der Waals surface area (Å²) in [6.07, 6.45) is 2.66. The van der Waals surface area contributed by atoms with Crippen LogP contribution >= 0.6 is 0 Å². The van der Waals surface area contributed by atoms with E-state index in [-0.39, 0.29) is 0 Å². The second-order valence-electron chi connectivity index (χ2n) is 5.65. The van der Waals surface area contributed by atoms with Crippen LogP contribution < -0.4 is 10.3 Å². The lowest BCUT2D eigenvalue weighted by Crippen LogP contribution is -2.18. The average molecular weight is 269 g/mol. The Morgan fingerprint density at radius 2 is 1.50 bits per heavy atom. The van der Waals surface area contributed by atoms with Crippen molar-refractivity contribution >= 4 is 5.69 Å². The van der Waals surface area contributed by atoms with Gasteiger partial charge in [0.15, 0.2) is 0 Å². The van der Waals surface area contributed by atoms with Crippen LogP contribution in [0.25, 0.3) is 0 Å². The first-order valence-electron chi connectivity index (χ1n) is 7.47. The number of rotatable bonds is 4. The lowest BCUT2D eigenvalue weighted by Gasteiger charge is -2.18. The van der Waals surface area contributed by atoms with Gasteiger partial charge in [-0.25, -0.2) is 0 Å². The number of benzene rings is 1. The molecule has 0 aliphatic carbocycles. The minimum Gasteiger partial charge on any atom is -0.372 e. The highest BCUT2D eigenvalue weighted by atomic mass is 15.4. The third-order valence-corrected chi connectivity index (χ3v) is 4.12. The predicted octanol–water partition coefficient (Wildman–Crippen LogP) is 3.45. The summed E-state index contributed by atoms with van der Waals surface area (Å²) in [5.74, 6) is 0. The normalized spacial score (nSPS) is 14.8. The molecule has 1 saturated heterocycles. The summed E-state index contributed by atoms with van der Waals surface area (Å²) in [5.41, 5.74) is 8.64. The smallest absolute Gasteiger partial charge is 0.0564 e. The minimum atomic E-state index is 0.858. The Morgan fingerprint density at radius 1 is 0.900 bits per heavy atom. The molecule has 0 spiro atoms. The highest BCUT2D eigenvalue weighted by Crippen LogP contribution is 2.20. The van der Waals surface area contributed by atoms with Gasteiger partial charge >= 0.3 is 0 Å². The van der Waals surface area contributed by atoms with Crippen molar-refractivity contribution < 1.29 is 0 Å². The van der Waals surface area contributed by atoms with Crippen molar-refractivity contribution in [1.82, 2.24) is 4.68 Å². The molecule has 2 heterocycles. The molecule has 3 nitrogen and oxygen atoms in total. The van der Waals surface area contributed by atoms with Crippen LogP contribution in [0.5, 0.6) is 0 Å². The molecule has 0 amide bonds. The number of hydrogen-bond acceptors (Lipinski definition) is 2. The standard InChI is InChI=1S/C17H23N3/c1-14-5-6-15(2)20(14)18-13-16-7-9-17(10-8-16)19-11-3-4-12-19/h5-10,18H,3-4,11-13H2,1-2H3. The van der Waals surface area contributed by atoms with E-state index >= 15 is 0 Å². The second kappa shape index (κ2) is 5.61. The molecule has 0 bridgehead atoms. The van der Waals surface area contributed by atoms with Gasteiger partial charge < -0.3 is 10.3 Å². The van der Waals surface area contributed by atoms with Crippen LogP contribution in [-0.2, 0) is 6.54 Å². The van der Waals surface area contributed by atoms with Crippen LogP contribution in [0.2, 0.25) is 0 Å². The SMILES string of the molecule is Cc1ccc(C)n1NCc1ccc(N2CCCC2)cc1. The summed E-state index contributed by atoms with van der Waals surface area (Å²) < 4.78 is 2.15. The zero-order valence-electron chi connectivity index (χ0n) is 12.4. The van der Waals surface area contributed by atoms with Gasteiger partial charge in [0, 0.05) is 30.2 Å². The number of hydrogen-bond donors (Lipinski definition) is 1. The Kier molecular flexibility index (Phi) is 3.68. The van der Waals surface area contributed by atoms with Gasteiger partial charge in [0.25, 0.3) is 0 Å². The molecule has 1 aliphatic heterocycles. The van der Waals surface area contributed by atoms with E-state index < -0.39 is 0 Å². The summed E-state index contributed by atoms with van der Waals surface area (Å²) in [6.45, 7) is 7.52. The minimum absolute atomic E-state index is 0.858. The molecule has 0 atom stereocenters. The van der Waals surface area contributed by atoms with Crippen LogP contribution in [-0.4, -0.2) is 17.8 Å². The molecular formula is C17H23N3. The Labute approximate surface area is 121 Å². The van der Waals surface area contributed by atoms with Gasteiger partial charge in [-0.05, 0) is 56.5 Å². The van der Waals surface area contributed by atoms with Crippen molar-refractivity contribution in [3.8, 4) is 0 Å². The molecule has 1 aromatic carbocycles. The zero-order chi connectivity index (χ0) is 13.9. The molecule has 2 aromatic rings. The molecule has 0 unspecified atom stereocenters. The van der Waals surface area contributed by atoms with E-state index in [1.54, 1.807) is 0 Å². The molecule has 20 heavy (non-hydrogen) atoms. The number of aromatic nitrogens is 1. The number of aryl methyl sites for hydroxylation is 2. The van der Waals surface area contributed by atoms with Gasteiger partial charge in [-0.2, -0.15) is 0 Å². The molecule has 3 heteroatoms. The van der Waals surface area contributed by atoms with Crippen LogP contribution in [0, 0.1) is 13.8 Å². The summed E-state index contributed by atoms with van der Waals surface area (Å²) in [6, 6.07) is 13.2. The third-order valence-electron chi connectivity index (χ3n) is 4.12. The first kappa shape index (κ1) is 13.1. The van der Waals surface area contributed by atoms with E-state index in [4.69, 9.17) is 0 Å². The van der Waals surface area contributed by atoms with Crippen LogP contribution in [0.1, 0.15) is 29.8 Å². The van der Waals surface area contributed by atoms with Crippen LogP contribution in [0.3, 0.4) is 0 Å². The van der Waals surface area contributed by atoms with E-state index in [2.05, 4.69) is 65.2 Å². The van der Waals surface area contributed by atoms with Gasteiger partial charge in [-0.15, -0.1) is 0 Å². The highest BCUT2D eigenvalue weighted by Gasteiger charge is 2.11. The fourth-order valence-electron chi connectivity index (χ4n) is 2.89. The monoisotopic (exact) mass is 269 g/mol. The highest BCUT2D eigenvalue weighted by molar-refractivity contribution is 5.48. The molecule has 1 aliphatic rings. The second-order valence-corrected chi connectivity index (χ2v) is 5.65. The third kappa shape index (κ3) is 2.67. The van der Waals surface area contributed by atoms with Crippen molar-refractivity contribution in [2.75, 3.05) is 23.4 Å². The van der Waals surface area contributed by atoms with Gasteiger partial charge in [-0.3, -0.25) is 4.68 Å². The fourth-order valence-corrected chi connectivity index (χ4v) is 2.89. The quantitative estimate of drug-likeness (QED) is 0.917. The molecule has 1 aromatic heterocycles. The molecule has 3 rings (SSSR count). The largest absolute Gasteiger partial charge is 0.372 e. The van der Waals surface area contributed by atoms with E-state index in [9.17, 15) is 0 Å². The molecule has 1 N–H and O–H groups in total. The number of nitrogens with one attached hydrogen (secondary N) is 1. The summed E-state index contributed by atoms with van der Waals surface area (Å²) >= 11 is 0. The topological polar surface area (TPSA) is 20.2 Å². The predicted molar refractivity (Wildman–Crippen MR) is 84.9 cm³/mol. The van der Waals surface area contributed by atoms with Gasteiger partial charge in [0.05, 0.1) is 6.54 Å². The van der Waals surface area contributed by atoms with Crippen LogP contribution in [0.4, 0.5) is 5.69 Å². The molecule has 0 saturated carbocycles. The maximum absolute atomic E-state index is 3.47. The zero-order valence-corrected chi connectivity index (χ0v) is 12.4. The van der Waals surface area contributed by atoms with Crippen molar-refractivity contribution in [3.05, 3.63) is 53.3 Å². The Balaban J connectivity index is 1.63. The number of nitrogens with zero attached hydrogens (tertiary/aromatic N) is 2. The first-order chi connectivity index (χ1) is 9.74. The summed E-state index contributed by atoms with van der Waals surface area (Å²) in [5, 5.41) is 0. The fraction of sp³-hybridized carbons (Fsp3) is 0.412. The van der Waals surface area contributed by atoms with Crippen molar-refractivity contribution in [1.29, 1.82) is 0 Å². The summed E-state index contributed by atoms with van der Waals surface area (Å²) in [7, 11) is 0. The van der Waals surface area contributed by atoms with E-state index in [0.29, 0.717) is 0 Å². The van der Waals surface area contributed by atoms with E-state index in [1.165, 1.54) is 48.6 Å². The Bertz CT molecular complexity index is 543. The van der Waals surface area contributed by atoms with Crippen molar-refractivity contribution in [2.24, 2.45) is 0 Å². The lowest BCUT2D eigenvalue weighted by atomic mass is 10.2. The lowest BCUT2D eigenvalue weighted by molar-refractivity contribution is 0.792. The van der Waals surface area contributed by atoms with E-state index in [1.807, 2.05) is 0 Å². The molecule has 106 valence electrons. The maximum atomic E-state index is 3.47. The molecular weight excluding hydrogens is 246 g/mol. The van der Waals surface area contributed by atoms with Crippen molar-refractivity contribution in [3.63, 3.8) is 0 Å². The Hall–Kier alpha value is -1.90. The average Bonchev–Trinajstić information content (AvgIpc) is 3.09. The number of anilines is 1. The van der Waals surface area contributed by atoms with E-state index in [0.717, 1.165) is 6.54 Å². The van der Waals surface area contributed by atoms with Gasteiger partial charge in [0.1, 0.15) is 0 Å². The molecule has 0 radical (unpaired) electrons.